The van der Waals surface area contributed by atoms with Crippen LogP contribution in [0, 0.1) is 0 Å². The van der Waals surface area contributed by atoms with Crippen LogP contribution in [0.15, 0.2) is 41.8 Å². The Bertz CT molecular complexity index is 236. The van der Waals surface area contributed by atoms with Crippen LogP contribution in [-0.4, -0.2) is 12.8 Å². The molecule has 2 heteroatoms. The highest BCUT2D eigenvalue weighted by Crippen LogP contribution is 2.06. The zero-order valence-corrected chi connectivity index (χ0v) is 7.92. The average Bonchev–Trinajstić information content (AvgIpc) is 2.04. The Morgan fingerprint density at radius 1 is 1.42 bits per heavy atom. The molecule has 2 nitrogen and oxygen atoms in total. The quantitative estimate of drug-likeness (QED) is 0.356. The van der Waals surface area contributed by atoms with Crippen molar-refractivity contribution in [3.63, 3.8) is 0 Å². The maximum absolute atomic E-state index is 5.03. The Balaban J connectivity index is 4.51. The van der Waals surface area contributed by atoms with Gasteiger partial charge in [-0.05, 0) is 25.5 Å². The molecule has 0 spiro atoms. The number of methoxy groups -OCH3 is 1. The molecule has 0 amide bonds. The number of aliphatic imine (C=N–C) groups is 1. The van der Waals surface area contributed by atoms with Crippen molar-refractivity contribution in [2.45, 2.75) is 13.8 Å². The van der Waals surface area contributed by atoms with E-state index in [0.29, 0.717) is 5.76 Å². The molecule has 0 aliphatic carbocycles. The van der Waals surface area contributed by atoms with Crippen LogP contribution in [0.2, 0.25) is 0 Å². The zero-order chi connectivity index (χ0) is 9.56. The first-order valence-corrected chi connectivity index (χ1v) is 3.68. The number of allylic oxidation sites excluding steroid dienone is 2. The third-order valence-corrected chi connectivity index (χ3v) is 1.32. The molecular formula is C10H15NO. The smallest absolute Gasteiger partial charge is 0.139 e. The minimum Gasteiger partial charge on any atom is -0.495 e. The molecule has 66 valence electrons. The van der Waals surface area contributed by atoms with Gasteiger partial charge in [0.25, 0.3) is 0 Å². The number of nitrogens with zero attached hydrogens (tertiary/aromatic N) is 1. The Hall–Kier alpha value is -1.31. The molecule has 0 aliphatic heterocycles. The second-order valence-corrected chi connectivity index (χ2v) is 2.45. The van der Waals surface area contributed by atoms with E-state index in [0.717, 1.165) is 11.3 Å². The summed E-state index contributed by atoms with van der Waals surface area (Å²) >= 11 is 0. The molecule has 0 aliphatic rings. The lowest BCUT2D eigenvalue weighted by Crippen LogP contribution is -1.88. The van der Waals surface area contributed by atoms with Gasteiger partial charge in [-0.1, -0.05) is 13.2 Å². The van der Waals surface area contributed by atoms with Gasteiger partial charge < -0.3 is 4.74 Å². The molecule has 0 heterocycles. The van der Waals surface area contributed by atoms with E-state index in [1.807, 2.05) is 13.8 Å². The van der Waals surface area contributed by atoms with E-state index >= 15 is 0 Å². The van der Waals surface area contributed by atoms with Crippen LogP contribution in [0.4, 0.5) is 0 Å². The highest BCUT2D eigenvalue weighted by atomic mass is 16.5. The lowest BCUT2D eigenvalue weighted by molar-refractivity contribution is 0.300. The third-order valence-electron chi connectivity index (χ3n) is 1.32. The summed E-state index contributed by atoms with van der Waals surface area (Å²) in [4.78, 5) is 4.09. The summed E-state index contributed by atoms with van der Waals surface area (Å²) in [5, 5.41) is 0. The molecule has 0 unspecified atom stereocenters. The molecule has 0 N–H and O–H groups in total. The van der Waals surface area contributed by atoms with Crippen LogP contribution in [-0.2, 0) is 4.74 Å². The second kappa shape index (κ2) is 5.35. The molecule has 12 heavy (non-hydrogen) atoms. The SMILES string of the molecule is C=CC(C)=N/C=C(/OC)C(=C)C. The summed E-state index contributed by atoms with van der Waals surface area (Å²) in [5.41, 5.74) is 1.71. The van der Waals surface area contributed by atoms with Crippen molar-refractivity contribution in [2.24, 2.45) is 4.99 Å². The molecule has 0 aromatic carbocycles. The van der Waals surface area contributed by atoms with E-state index in [4.69, 9.17) is 4.74 Å². The van der Waals surface area contributed by atoms with Crippen molar-refractivity contribution in [1.29, 1.82) is 0 Å². The van der Waals surface area contributed by atoms with Crippen molar-refractivity contribution < 1.29 is 4.74 Å². The number of hydrogen-bond donors (Lipinski definition) is 0. The first-order valence-electron chi connectivity index (χ1n) is 3.68. The van der Waals surface area contributed by atoms with Gasteiger partial charge in [-0.3, -0.25) is 4.99 Å². The number of rotatable bonds is 4. The van der Waals surface area contributed by atoms with Gasteiger partial charge in [-0.2, -0.15) is 0 Å². The molecule has 0 rings (SSSR count). The fourth-order valence-corrected chi connectivity index (χ4v) is 0.550. The van der Waals surface area contributed by atoms with Crippen molar-refractivity contribution in [3.05, 3.63) is 36.8 Å². The second-order valence-electron chi connectivity index (χ2n) is 2.45. The fraction of sp³-hybridized carbons (Fsp3) is 0.300. The molecule has 0 fully saturated rings. The van der Waals surface area contributed by atoms with Gasteiger partial charge in [0.05, 0.1) is 13.3 Å². The first-order chi connectivity index (χ1) is 5.61. The average molecular weight is 165 g/mol. The van der Waals surface area contributed by atoms with E-state index in [9.17, 15) is 0 Å². The van der Waals surface area contributed by atoms with Crippen LogP contribution >= 0.6 is 0 Å². The van der Waals surface area contributed by atoms with Gasteiger partial charge in [-0.25, -0.2) is 0 Å². The molecule has 0 bridgehead atoms. The predicted molar refractivity (Wildman–Crippen MR) is 53.2 cm³/mol. The summed E-state index contributed by atoms with van der Waals surface area (Å²) < 4.78 is 5.03. The molecule has 0 saturated heterocycles. The van der Waals surface area contributed by atoms with Crippen LogP contribution in [0.3, 0.4) is 0 Å². The third kappa shape index (κ3) is 3.76. The van der Waals surface area contributed by atoms with Gasteiger partial charge in [0.15, 0.2) is 0 Å². The summed E-state index contributed by atoms with van der Waals surface area (Å²) in [7, 11) is 1.60. The lowest BCUT2D eigenvalue weighted by atomic mass is 10.3. The topological polar surface area (TPSA) is 21.6 Å². The van der Waals surface area contributed by atoms with Crippen molar-refractivity contribution in [1.82, 2.24) is 0 Å². The van der Waals surface area contributed by atoms with Gasteiger partial charge in [0.1, 0.15) is 5.76 Å². The highest BCUT2D eigenvalue weighted by Gasteiger charge is 1.93. The molecular weight excluding hydrogens is 150 g/mol. The maximum atomic E-state index is 5.03. The first kappa shape index (κ1) is 10.7. The zero-order valence-electron chi connectivity index (χ0n) is 7.92. The molecule has 0 radical (unpaired) electrons. The molecule has 0 aromatic rings. The Morgan fingerprint density at radius 3 is 2.33 bits per heavy atom. The lowest BCUT2D eigenvalue weighted by Gasteiger charge is -2.02. The van der Waals surface area contributed by atoms with Crippen LogP contribution in [0.1, 0.15) is 13.8 Å². The summed E-state index contributed by atoms with van der Waals surface area (Å²) in [6, 6.07) is 0. The van der Waals surface area contributed by atoms with Crippen LogP contribution in [0.25, 0.3) is 0 Å². The van der Waals surface area contributed by atoms with Crippen molar-refractivity contribution in [2.75, 3.05) is 7.11 Å². The Kier molecular flexibility index (Phi) is 4.77. The van der Waals surface area contributed by atoms with E-state index in [1.54, 1.807) is 19.4 Å². The summed E-state index contributed by atoms with van der Waals surface area (Å²) in [6.07, 6.45) is 3.32. The van der Waals surface area contributed by atoms with Gasteiger partial charge in [0, 0.05) is 5.71 Å². The number of hydrogen-bond acceptors (Lipinski definition) is 2. The van der Waals surface area contributed by atoms with Crippen molar-refractivity contribution >= 4 is 5.71 Å². The Labute approximate surface area is 74.0 Å². The van der Waals surface area contributed by atoms with Gasteiger partial charge >= 0.3 is 0 Å². The largest absolute Gasteiger partial charge is 0.495 e. The minimum absolute atomic E-state index is 0.691. The maximum Gasteiger partial charge on any atom is 0.139 e. The standard InChI is InChI=1S/C10H15NO/c1-6-9(4)11-7-10(12-5)8(2)3/h6-7H,1-2H2,3-5H3/b10-7+,11-9?. The van der Waals surface area contributed by atoms with E-state index in [2.05, 4.69) is 18.2 Å². The summed E-state index contributed by atoms with van der Waals surface area (Å²) in [5.74, 6) is 0.691. The minimum atomic E-state index is 0.691. The fourth-order valence-electron chi connectivity index (χ4n) is 0.550. The van der Waals surface area contributed by atoms with E-state index in [-0.39, 0.29) is 0 Å². The predicted octanol–water partition coefficient (Wildman–Crippen LogP) is 2.70. The number of ether oxygens (including phenoxy) is 1. The normalized spacial score (nSPS) is 12.6. The van der Waals surface area contributed by atoms with E-state index in [1.165, 1.54) is 0 Å². The highest BCUT2D eigenvalue weighted by molar-refractivity contribution is 5.92. The van der Waals surface area contributed by atoms with Gasteiger partial charge in [-0.15, -0.1) is 0 Å². The van der Waals surface area contributed by atoms with Gasteiger partial charge in [0.2, 0.25) is 0 Å². The molecule has 0 atom stereocenters. The van der Waals surface area contributed by atoms with Crippen molar-refractivity contribution in [3.8, 4) is 0 Å². The monoisotopic (exact) mass is 165 g/mol. The summed E-state index contributed by atoms with van der Waals surface area (Å²) in [6.45, 7) is 11.1. The molecule has 0 aromatic heterocycles. The Morgan fingerprint density at radius 2 is 2.00 bits per heavy atom. The van der Waals surface area contributed by atoms with E-state index < -0.39 is 0 Å². The molecule has 0 saturated carbocycles. The van der Waals surface area contributed by atoms with Crippen LogP contribution in [0.5, 0.6) is 0 Å². The van der Waals surface area contributed by atoms with Crippen LogP contribution < -0.4 is 0 Å².